The normalized spacial score (nSPS) is 17.8. The molecule has 6 nitrogen and oxygen atoms in total. The number of hydrogen-bond acceptors (Lipinski definition) is 6. The highest BCUT2D eigenvalue weighted by Crippen LogP contribution is 2.42. The molecule has 20 heavy (non-hydrogen) atoms. The van der Waals surface area contributed by atoms with Crippen LogP contribution in [0.15, 0.2) is 5.16 Å². The summed E-state index contributed by atoms with van der Waals surface area (Å²) in [5.41, 5.74) is -0.603. The predicted molar refractivity (Wildman–Crippen MR) is 77.6 cm³/mol. The summed E-state index contributed by atoms with van der Waals surface area (Å²) < 4.78 is 6.97. The van der Waals surface area contributed by atoms with Gasteiger partial charge in [0.15, 0.2) is 5.16 Å². The van der Waals surface area contributed by atoms with Gasteiger partial charge in [-0.1, -0.05) is 18.7 Å². The Hall–Kier alpha value is -1.08. The third kappa shape index (κ3) is 2.83. The van der Waals surface area contributed by atoms with Crippen LogP contribution in [0, 0.1) is 12.8 Å². The molecule has 0 aliphatic heterocycles. The van der Waals surface area contributed by atoms with Gasteiger partial charge < -0.3 is 14.6 Å². The van der Waals surface area contributed by atoms with E-state index < -0.39 is 5.54 Å². The maximum absolute atomic E-state index is 12.3. The number of carbonyl (C=O) groups excluding carboxylic acids is 1. The lowest BCUT2D eigenvalue weighted by Gasteiger charge is -2.31. The van der Waals surface area contributed by atoms with E-state index in [9.17, 15) is 4.79 Å². The molecule has 112 valence electrons. The standard InChI is InChI=1S/C13H22N4O2S/c1-5-14-13(10-6-7-10,11(18)19-4)8-20-12-16-15-9(2)17(12)3/h10,14H,5-8H2,1-4H3. The first-order valence-corrected chi connectivity index (χ1v) is 7.86. The predicted octanol–water partition coefficient (Wildman–Crippen LogP) is 1.15. The molecular weight excluding hydrogens is 276 g/mol. The lowest BCUT2D eigenvalue weighted by atomic mass is 9.95. The first-order chi connectivity index (χ1) is 9.55. The first-order valence-electron chi connectivity index (χ1n) is 6.87. The van der Waals surface area contributed by atoms with Gasteiger partial charge in [0.1, 0.15) is 11.4 Å². The average molecular weight is 298 g/mol. The lowest BCUT2D eigenvalue weighted by Crippen LogP contribution is -2.56. The zero-order valence-electron chi connectivity index (χ0n) is 12.5. The van der Waals surface area contributed by atoms with Gasteiger partial charge in [-0.25, -0.2) is 0 Å². The summed E-state index contributed by atoms with van der Waals surface area (Å²) in [6.07, 6.45) is 2.14. The van der Waals surface area contributed by atoms with E-state index in [2.05, 4.69) is 15.5 Å². The van der Waals surface area contributed by atoms with Gasteiger partial charge in [-0.05, 0) is 32.2 Å². The van der Waals surface area contributed by atoms with Gasteiger partial charge in [0.05, 0.1) is 7.11 Å². The van der Waals surface area contributed by atoms with Crippen molar-refractivity contribution in [3.63, 3.8) is 0 Å². The van der Waals surface area contributed by atoms with Crippen LogP contribution in [0.1, 0.15) is 25.6 Å². The van der Waals surface area contributed by atoms with Crippen LogP contribution in [0.5, 0.6) is 0 Å². The van der Waals surface area contributed by atoms with Crippen molar-refractivity contribution in [2.24, 2.45) is 13.0 Å². The topological polar surface area (TPSA) is 69.0 Å². The first kappa shape index (κ1) is 15.3. The summed E-state index contributed by atoms with van der Waals surface area (Å²) >= 11 is 1.55. The molecule has 1 saturated carbocycles. The Morgan fingerprint density at radius 1 is 1.55 bits per heavy atom. The van der Waals surface area contributed by atoms with Gasteiger partial charge in [-0.2, -0.15) is 0 Å². The summed E-state index contributed by atoms with van der Waals surface area (Å²) in [6, 6.07) is 0. The van der Waals surface area contributed by atoms with Crippen molar-refractivity contribution in [2.45, 2.75) is 37.4 Å². The van der Waals surface area contributed by atoms with Crippen molar-refractivity contribution >= 4 is 17.7 Å². The molecule has 1 aromatic heterocycles. The molecule has 1 unspecified atom stereocenters. The van der Waals surface area contributed by atoms with Gasteiger partial charge in [-0.3, -0.25) is 4.79 Å². The fourth-order valence-electron chi connectivity index (χ4n) is 2.38. The van der Waals surface area contributed by atoms with Crippen molar-refractivity contribution in [1.82, 2.24) is 20.1 Å². The molecule has 0 bridgehead atoms. The molecule has 0 spiro atoms. The molecule has 0 aromatic carbocycles. The average Bonchev–Trinajstić information content (AvgIpc) is 3.24. The van der Waals surface area contributed by atoms with E-state index in [0.717, 1.165) is 30.4 Å². The molecular formula is C13H22N4O2S. The minimum atomic E-state index is -0.603. The van der Waals surface area contributed by atoms with Gasteiger partial charge in [0, 0.05) is 12.8 Å². The monoisotopic (exact) mass is 298 g/mol. The van der Waals surface area contributed by atoms with Crippen LogP contribution in [0.25, 0.3) is 0 Å². The largest absolute Gasteiger partial charge is 0.468 e. The third-order valence-corrected chi connectivity index (χ3v) is 5.01. The second kappa shape index (κ2) is 6.13. The fourth-order valence-corrected chi connectivity index (χ4v) is 3.61. The minimum absolute atomic E-state index is 0.173. The van der Waals surface area contributed by atoms with E-state index in [0.29, 0.717) is 11.7 Å². The zero-order chi connectivity index (χ0) is 14.8. The van der Waals surface area contributed by atoms with Crippen LogP contribution < -0.4 is 5.32 Å². The number of ether oxygens (including phenoxy) is 1. The number of nitrogens with zero attached hydrogens (tertiary/aromatic N) is 3. The number of methoxy groups -OCH3 is 1. The summed E-state index contributed by atoms with van der Waals surface area (Å²) in [5, 5.41) is 12.4. The third-order valence-electron chi connectivity index (χ3n) is 3.80. The molecule has 1 aliphatic rings. The van der Waals surface area contributed by atoms with Crippen LogP contribution >= 0.6 is 11.8 Å². The van der Waals surface area contributed by atoms with Crippen LogP contribution in [0.3, 0.4) is 0 Å². The molecule has 0 saturated heterocycles. The van der Waals surface area contributed by atoms with Gasteiger partial charge in [0.25, 0.3) is 0 Å². The molecule has 1 aromatic rings. The van der Waals surface area contributed by atoms with Crippen molar-refractivity contribution < 1.29 is 9.53 Å². The fraction of sp³-hybridized carbons (Fsp3) is 0.769. The van der Waals surface area contributed by atoms with Crippen LogP contribution in [0.2, 0.25) is 0 Å². The summed E-state index contributed by atoms with van der Waals surface area (Å²) in [5.74, 6) is 1.67. The molecule has 0 amide bonds. The van der Waals surface area contributed by atoms with Crippen molar-refractivity contribution in [2.75, 3.05) is 19.4 Å². The number of nitrogens with one attached hydrogen (secondary N) is 1. The van der Waals surface area contributed by atoms with Crippen molar-refractivity contribution in [3.05, 3.63) is 5.82 Å². The highest BCUT2D eigenvalue weighted by Gasteiger charge is 2.51. The maximum atomic E-state index is 12.3. The Morgan fingerprint density at radius 3 is 2.70 bits per heavy atom. The smallest absolute Gasteiger partial charge is 0.327 e. The second-order valence-electron chi connectivity index (χ2n) is 5.15. The Labute approximate surface area is 123 Å². The maximum Gasteiger partial charge on any atom is 0.327 e. The van der Waals surface area contributed by atoms with Gasteiger partial charge in [0.2, 0.25) is 0 Å². The van der Waals surface area contributed by atoms with Gasteiger partial charge >= 0.3 is 5.97 Å². The number of thioether (sulfide) groups is 1. The number of likely N-dealkylation sites (N-methyl/N-ethyl adjacent to an activating group) is 1. The van der Waals surface area contributed by atoms with Gasteiger partial charge in [-0.15, -0.1) is 10.2 Å². The highest BCUT2D eigenvalue weighted by molar-refractivity contribution is 7.99. The SMILES string of the molecule is CCNC(CSc1nnc(C)n1C)(C(=O)OC)C1CC1. The number of aryl methyl sites for hydroxylation is 1. The molecule has 2 rings (SSSR count). The molecule has 7 heteroatoms. The highest BCUT2D eigenvalue weighted by atomic mass is 32.2. The Kier molecular flexibility index (Phi) is 4.70. The molecule has 1 fully saturated rings. The molecule has 0 radical (unpaired) electrons. The van der Waals surface area contributed by atoms with E-state index in [1.54, 1.807) is 11.8 Å². The minimum Gasteiger partial charge on any atom is -0.468 e. The number of hydrogen-bond donors (Lipinski definition) is 1. The second-order valence-corrected chi connectivity index (χ2v) is 6.09. The molecule has 1 atom stereocenters. The summed E-state index contributed by atoms with van der Waals surface area (Å²) in [4.78, 5) is 12.3. The number of carbonyl (C=O) groups is 1. The van der Waals surface area contributed by atoms with Crippen LogP contribution in [-0.4, -0.2) is 45.7 Å². The van der Waals surface area contributed by atoms with E-state index in [4.69, 9.17) is 4.74 Å². The van der Waals surface area contributed by atoms with E-state index in [1.165, 1.54) is 7.11 Å². The molecule has 1 heterocycles. The number of rotatable bonds is 7. The zero-order valence-corrected chi connectivity index (χ0v) is 13.3. The summed E-state index contributed by atoms with van der Waals surface area (Å²) in [7, 11) is 3.38. The van der Waals surface area contributed by atoms with Crippen LogP contribution in [0.4, 0.5) is 0 Å². The van der Waals surface area contributed by atoms with E-state index in [1.807, 2.05) is 25.5 Å². The molecule has 1 aliphatic carbocycles. The number of aromatic nitrogens is 3. The Bertz CT molecular complexity index is 487. The molecule has 1 N–H and O–H groups in total. The van der Waals surface area contributed by atoms with E-state index >= 15 is 0 Å². The Balaban J connectivity index is 2.15. The van der Waals surface area contributed by atoms with Crippen LogP contribution in [-0.2, 0) is 16.6 Å². The summed E-state index contributed by atoms with van der Waals surface area (Å²) in [6.45, 7) is 4.66. The van der Waals surface area contributed by atoms with Crippen molar-refractivity contribution in [1.29, 1.82) is 0 Å². The lowest BCUT2D eigenvalue weighted by molar-refractivity contribution is -0.148. The quantitative estimate of drug-likeness (QED) is 0.601. The van der Waals surface area contributed by atoms with E-state index in [-0.39, 0.29) is 5.97 Å². The number of esters is 1. The van der Waals surface area contributed by atoms with Crippen molar-refractivity contribution in [3.8, 4) is 0 Å². The Morgan fingerprint density at radius 2 is 2.25 bits per heavy atom.